The van der Waals surface area contributed by atoms with E-state index in [0.717, 1.165) is 32.1 Å². The summed E-state index contributed by atoms with van der Waals surface area (Å²) in [6.07, 6.45) is 6.30. The summed E-state index contributed by atoms with van der Waals surface area (Å²) in [5.41, 5.74) is -0.0489. The van der Waals surface area contributed by atoms with Crippen molar-refractivity contribution in [2.24, 2.45) is 0 Å². The Morgan fingerprint density at radius 3 is 2.22 bits per heavy atom. The monoisotopic (exact) mass is 277 g/mol. The van der Waals surface area contributed by atoms with Gasteiger partial charge in [0.05, 0.1) is 18.0 Å². The zero-order chi connectivity index (χ0) is 13.8. The van der Waals surface area contributed by atoms with Gasteiger partial charge < -0.3 is 4.74 Å². The highest BCUT2D eigenvalue weighted by Crippen LogP contribution is 2.27. The number of rotatable bonds is 6. The van der Waals surface area contributed by atoms with Crippen LogP contribution in [0.2, 0.25) is 0 Å². The van der Waals surface area contributed by atoms with Crippen LogP contribution in [-0.4, -0.2) is 43.8 Å². The molecule has 0 aliphatic carbocycles. The molecule has 0 spiro atoms. The Balaban J connectivity index is 2.48. The van der Waals surface area contributed by atoms with Crippen LogP contribution in [0.4, 0.5) is 0 Å². The van der Waals surface area contributed by atoms with E-state index in [1.165, 1.54) is 6.26 Å². The summed E-state index contributed by atoms with van der Waals surface area (Å²) in [6, 6.07) is 0. The Bertz CT molecular complexity index is 347. The van der Waals surface area contributed by atoms with Crippen molar-refractivity contribution < 1.29 is 13.2 Å². The molecular weight excluding hydrogens is 250 g/mol. The minimum absolute atomic E-state index is 0.0489. The van der Waals surface area contributed by atoms with Gasteiger partial charge in [-0.2, -0.15) is 0 Å². The highest BCUT2D eigenvalue weighted by Gasteiger charge is 2.30. The molecule has 1 atom stereocenters. The molecule has 108 valence electrons. The number of piperidine rings is 1. The van der Waals surface area contributed by atoms with Crippen molar-refractivity contribution >= 4 is 10.0 Å². The highest BCUT2D eigenvalue weighted by atomic mass is 32.2. The van der Waals surface area contributed by atoms with E-state index in [-0.39, 0.29) is 11.7 Å². The van der Waals surface area contributed by atoms with E-state index >= 15 is 0 Å². The van der Waals surface area contributed by atoms with Crippen LogP contribution in [0, 0.1) is 0 Å². The zero-order valence-corrected chi connectivity index (χ0v) is 12.9. The third-order valence-corrected chi connectivity index (χ3v) is 5.15. The lowest BCUT2D eigenvalue weighted by Crippen LogP contribution is -2.43. The molecule has 1 rings (SSSR count). The van der Waals surface area contributed by atoms with Crippen LogP contribution >= 0.6 is 0 Å². The summed E-state index contributed by atoms with van der Waals surface area (Å²) in [5.74, 6) is 0. The van der Waals surface area contributed by atoms with Crippen molar-refractivity contribution in [2.75, 3.05) is 19.3 Å². The van der Waals surface area contributed by atoms with Gasteiger partial charge >= 0.3 is 0 Å². The van der Waals surface area contributed by atoms with Gasteiger partial charge in [-0.25, -0.2) is 12.7 Å². The Hall–Kier alpha value is -0.130. The third kappa shape index (κ3) is 4.52. The number of sulfonamides is 1. The van der Waals surface area contributed by atoms with Gasteiger partial charge in [0.1, 0.15) is 0 Å². The second-order valence-electron chi connectivity index (χ2n) is 5.53. The molecule has 1 aliphatic heterocycles. The van der Waals surface area contributed by atoms with Crippen molar-refractivity contribution in [3.05, 3.63) is 0 Å². The largest absolute Gasteiger partial charge is 0.372 e. The second-order valence-corrected chi connectivity index (χ2v) is 7.52. The lowest BCUT2D eigenvalue weighted by atomic mass is 9.96. The van der Waals surface area contributed by atoms with E-state index in [1.54, 1.807) is 4.31 Å². The van der Waals surface area contributed by atoms with Gasteiger partial charge in [-0.05, 0) is 32.6 Å². The van der Waals surface area contributed by atoms with E-state index in [4.69, 9.17) is 4.74 Å². The van der Waals surface area contributed by atoms with Gasteiger partial charge in [-0.15, -0.1) is 0 Å². The number of nitrogens with zero attached hydrogens (tertiary/aromatic N) is 1. The maximum absolute atomic E-state index is 11.4. The minimum atomic E-state index is -3.03. The van der Waals surface area contributed by atoms with E-state index in [1.807, 2.05) is 0 Å². The first-order valence-electron chi connectivity index (χ1n) is 6.93. The van der Waals surface area contributed by atoms with Gasteiger partial charge in [0.15, 0.2) is 0 Å². The fraction of sp³-hybridized carbons (Fsp3) is 1.00. The van der Waals surface area contributed by atoms with Crippen LogP contribution in [0.5, 0.6) is 0 Å². The average Bonchev–Trinajstić information content (AvgIpc) is 2.29. The predicted octanol–water partition coefficient (Wildman–Crippen LogP) is 2.40. The lowest BCUT2D eigenvalue weighted by molar-refractivity contribution is -0.103. The van der Waals surface area contributed by atoms with Crippen molar-refractivity contribution in [1.29, 1.82) is 0 Å². The molecule has 0 saturated carbocycles. The maximum atomic E-state index is 11.4. The van der Waals surface area contributed by atoms with Gasteiger partial charge in [-0.3, -0.25) is 0 Å². The van der Waals surface area contributed by atoms with Crippen molar-refractivity contribution in [3.8, 4) is 0 Å². The molecule has 1 heterocycles. The zero-order valence-electron chi connectivity index (χ0n) is 12.1. The van der Waals surface area contributed by atoms with Gasteiger partial charge in [0, 0.05) is 13.1 Å². The van der Waals surface area contributed by atoms with E-state index < -0.39 is 10.0 Å². The van der Waals surface area contributed by atoms with Crippen molar-refractivity contribution in [3.63, 3.8) is 0 Å². The Morgan fingerprint density at radius 2 is 1.83 bits per heavy atom. The highest BCUT2D eigenvalue weighted by molar-refractivity contribution is 7.88. The third-order valence-electron chi connectivity index (χ3n) is 3.85. The first-order valence-corrected chi connectivity index (χ1v) is 8.78. The average molecular weight is 277 g/mol. The molecule has 5 heteroatoms. The molecule has 0 amide bonds. The number of hydrogen-bond donors (Lipinski definition) is 0. The molecule has 0 aromatic rings. The Kier molecular flexibility index (Phi) is 5.62. The van der Waals surface area contributed by atoms with Crippen LogP contribution < -0.4 is 0 Å². The van der Waals surface area contributed by atoms with Crippen molar-refractivity contribution in [1.82, 2.24) is 4.31 Å². The van der Waals surface area contributed by atoms with Crippen molar-refractivity contribution in [2.45, 2.75) is 64.6 Å². The van der Waals surface area contributed by atoms with E-state index in [2.05, 4.69) is 20.8 Å². The molecule has 0 aromatic heterocycles. The topological polar surface area (TPSA) is 46.6 Å². The summed E-state index contributed by atoms with van der Waals surface area (Å²) >= 11 is 0. The Labute approximate surface area is 112 Å². The van der Waals surface area contributed by atoms with Crippen LogP contribution in [0.15, 0.2) is 0 Å². The fourth-order valence-corrected chi connectivity index (χ4v) is 3.41. The van der Waals surface area contributed by atoms with Gasteiger partial charge in [0.2, 0.25) is 10.0 Å². The molecule has 1 fully saturated rings. The summed E-state index contributed by atoms with van der Waals surface area (Å²) in [7, 11) is -3.03. The quantitative estimate of drug-likeness (QED) is 0.749. The first kappa shape index (κ1) is 15.9. The summed E-state index contributed by atoms with van der Waals surface area (Å²) in [5, 5.41) is 0. The SMILES string of the molecule is CCCC(C)(CC)OC1CCN(S(C)(=O)=O)CC1. The summed E-state index contributed by atoms with van der Waals surface area (Å²) in [6.45, 7) is 7.68. The van der Waals surface area contributed by atoms with Crippen LogP contribution in [-0.2, 0) is 14.8 Å². The smallest absolute Gasteiger partial charge is 0.211 e. The number of ether oxygens (including phenoxy) is 1. The molecule has 1 saturated heterocycles. The number of hydrogen-bond acceptors (Lipinski definition) is 3. The van der Waals surface area contributed by atoms with Crippen LogP contribution in [0.1, 0.15) is 52.9 Å². The molecule has 0 aromatic carbocycles. The summed E-state index contributed by atoms with van der Waals surface area (Å²) < 4.78 is 30.6. The molecular formula is C13H27NO3S. The predicted molar refractivity (Wildman–Crippen MR) is 74.1 cm³/mol. The molecule has 1 unspecified atom stereocenters. The Morgan fingerprint density at radius 1 is 1.28 bits per heavy atom. The standard InChI is InChI=1S/C13H27NO3S/c1-5-9-13(3,6-2)17-12-7-10-14(11-8-12)18(4,15)16/h12H,5-11H2,1-4H3. The summed E-state index contributed by atoms with van der Waals surface area (Å²) in [4.78, 5) is 0. The first-order chi connectivity index (χ1) is 8.30. The molecule has 0 bridgehead atoms. The normalized spacial score (nSPS) is 22.9. The van der Waals surface area contributed by atoms with Crippen LogP contribution in [0.3, 0.4) is 0 Å². The molecule has 18 heavy (non-hydrogen) atoms. The van der Waals surface area contributed by atoms with Crippen LogP contribution in [0.25, 0.3) is 0 Å². The van der Waals surface area contributed by atoms with E-state index in [9.17, 15) is 8.42 Å². The van der Waals surface area contributed by atoms with E-state index in [0.29, 0.717) is 13.1 Å². The fourth-order valence-electron chi connectivity index (χ4n) is 2.53. The minimum Gasteiger partial charge on any atom is -0.372 e. The molecule has 0 radical (unpaired) electrons. The van der Waals surface area contributed by atoms with Gasteiger partial charge in [-0.1, -0.05) is 20.3 Å². The molecule has 1 aliphatic rings. The maximum Gasteiger partial charge on any atom is 0.211 e. The lowest BCUT2D eigenvalue weighted by Gasteiger charge is -2.37. The molecule has 0 N–H and O–H groups in total. The van der Waals surface area contributed by atoms with Gasteiger partial charge in [0.25, 0.3) is 0 Å². The second kappa shape index (κ2) is 6.35. The molecule has 4 nitrogen and oxygen atoms in total.